The Morgan fingerprint density at radius 2 is 1.21 bits per heavy atom. The molecule has 0 spiro atoms. The summed E-state index contributed by atoms with van der Waals surface area (Å²) in [7, 11) is -0.0168. The lowest BCUT2D eigenvalue weighted by molar-refractivity contribution is 0.789. The lowest BCUT2D eigenvalue weighted by atomic mass is 10.2. The van der Waals surface area contributed by atoms with E-state index in [2.05, 4.69) is 94.5 Å². The third-order valence-corrected chi connectivity index (χ3v) is 7.85. The average molecular weight is 386 g/mol. The third-order valence-electron chi connectivity index (χ3n) is 5.30. The second kappa shape index (κ2) is 9.66. The van der Waals surface area contributed by atoms with E-state index in [-0.39, 0.29) is 7.92 Å². The molecule has 0 atom stereocenters. The molecule has 1 heterocycles. The fourth-order valence-electron chi connectivity index (χ4n) is 3.64. The van der Waals surface area contributed by atoms with Gasteiger partial charge in [0.1, 0.15) is 0 Å². The van der Waals surface area contributed by atoms with Gasteiger partial charge in [-0.1, -0.05) is 72.8 Å². The van der Waals surface area contributed by atoms with Crippen molar-refractivity contribution in [2.24, 2.45) is 0 Å². The quantitative estimate of drug-likeness (QED) is 0.322. The first-order chi connectivity index (χ1) is 13.9. The van der Waals surface area contributed by atoms with Gasteiger partial charge in [-0.25, -0.2) is 4.98 Å². The number of aromatic nitrogens is 2. The van der Waals surface area contributed by atoms with Crippen molar-refractivity contribution >= 4 is 19.0 Å². The lowest BCUT2D eigenvalue weighted by Gasteiger charge is -2.19. The summed E-state index contributed by atoms with van der Waals surface area (Å²) < 4.78 is 2.33. The predicted octanol–water partition coefficient (Wildman–Crippen LogP) is 6.00. The van der Waals surface area contributed by atoms with Gasteiger partial charge in [0.2, 0.25) is 0 Å². The van der Waals surface area contributed by atoms with Crippen molar-refractivity contribution in [3.8, 4) is 0 Å². The van der Waals surface area contributed by atoms with Crippen molar-refractivity contribution in [2.75, 3.05) is 18.5 Å². The summed E-state index contributed by atoms with van der Waals surface area (Å²) in [6.45, 7) is 1.07. The van der Waals surface area contributed by atoms with E-state index in [1.165, 1.54) is 48.0 Å². The molecule has 0 aliphatic heterocycles. The average Bonchev–Trinajstić information content (AvgIpc) is 3.18. The summed E-state index contributed by atoms with van der Waals surface area (Å²) in [5, 5.41) is 0. The molecule has 2 nitrogen and oxygen atoms in total. The summed E-state index contributed by atoms with van der Waals surface area (Å²) in [5.41, 5.74) is 5.27. The molecule has 4 aromatic rings. The molecule has 0 amide bonds. The van der Waals surface area contributed by atoms with Gasteiger partial charge in [0.25, 0.3) is 0 Å². The third kappa shape index (κ3) is 5.09. The Kier molecular flexibility index (Phi) is 6.52. The van der Waals surface area contributed by atoms with Crippen LogP contribution >= 0.6 is 7.92 Å². The van der Waals surface area contributed by atoms with Crippen LogP contribution in [0.2, 0.25) is 0 Å². The number of hydrogen-bond acceptors (Lipinski definition) is 1. The maximum atomic E-state index is 4.55. The van der Waals surface area contributed by atoms with Crippen LogP contribution in [-0.4, -0.2) is 28.0 Å². The van der Waals surface area contributed by atoms with Crippen molar-refractivity contribution in [3.05, 3.63) is 102 Å². The van der Waals surface area contributed by atoms with Gasteiger partial charge in [-0.2, -0.15) is 0 Å². The summed E-state index contributed by atoms with van der Waals surface area (Å²) in [4.78, 5) is 4.55. The Morgan fingerprint density at radius 3 is 1.86 bits per heavy atom. The Balaban J connectivity index is 1.40. The molecular formula is C25H27N2P. The lowest BCUT2D eigenvalue weighted by Crippen LogP contribution is -2.06. The zero-order valence-corrected chi connectivity index (χ0v) is 17.1. The zero-order chi connectivity index (χ0) is 19.0. The van der Waals surface area contributed by atoms with Crippen molar-refractivity contribution < 1.29 is 0 Å². The first-order valence-electron chi connectivity index (χ1n) is 10.1. The summed E-state index contributed by atoms with van der Waals surface area (Å²) in [6.07, 6.45) is 8.25. The Labute approximate surface area is 169 Å². The smallest absolute Gasteiger partial charge is 0.0958 e. The minimum Gasteiger partial charge on any atom is -0.330 e. The topological polar surface area (TPSA) is 17.8 Å². The molecule has 28 heavy (non-hydrogen) atoms. The van der Waals surface area contributed by atoms with Crippen LogP contribution < -0.4 is 0 Å². The van der Waals surface area contributed by atoms with E-state index in [9.17, 15) is 0 Å². The number of rotatable bonds is 9. The van der Waals surface area contributed by atoms with Crippen molar-refractivity contribution in [1.82, 2.24) is 9.55 Å². The van der Waals surface area contributed by atoms with Crippen LogP contribution in [0.5, 0.6) is 0 Å². The number of fused-ring (bicyclic) bond motifs is 1. The molecule has 0 bridgehead atoms. The van der Waals surface area contributed by atoms with Crippen LogP contribution in [0.3, 0.4) is 0 Å². The first-order valence-corrected chi connectivity index (χ1v) is 12.0. The van der Waals surface area contributed by atoms with Gasteiger partial charge in [0, 0.05) is 6.54 Å². The number of para-hydroxylation sites is 2. The van der Waals surface area contributed by atoms with E-state index in [1.807, 2.05) is 6.33 Å². The van der Waals surface area contributed by atoms with Gasteiger partial charge >= 0.3 is 0 Å². The van der Waals surface area contributed by atoms with Gasteiger partial charge in [-0.15, -0.1) is 7.92 Å². The highest BCUT2D eigenvalue weighted by Gasteiger charge is 2.11. The fraction of sp³-hybridized carbons (Fsp3) is 0.240. The van der Waals surface area contributed by atoms with E-state index in [1.54, 1.807) is 0 Å². The van der Waals surface area contributed by atoms with Crippen LogP contribution in [0.25, 0.3) is 11.0 Å². The van der Waals surface area contributed by atoms with Crippen LogP contribution in [0.4, 0.5) is 0 Å². The highest BCUT2D eigenvalue weighted by atomic mass is 31.1. The van der Waals surface area contributed by atoms with Gasteiger partial charge in [-0.3, -0.25) is 0 Å². The Morgan fingerprint density at radius 1 is 0.643 bits per heavy atom. The molecule has 0 aliphatic carbocycles. The summed E-state index contributed by atoms with van der Waals surface area (Å²) >= 11 is 0. The molecule has 142 valence electrons. The van der Waals surface area contributed by atoms with Crippen LogP contribution in [-0.2, 0) is 19.4 Å². The predicted molar refractivity (Wildman–Crippen MR) is 122 cm³/mol. The van der Waals surface area contributed by atoms with Crippen molar-refractivity contribution in [2.45, 2.75) is 19.4 Å². The molecule has 3 aromatic carbocycles. The normalized spacial score (nSPS) is 11.3. The van der Waals surface area contributed by atoms with Gasteiger partial charge in [0.05, 0.1) is 17.4 Å². The minimum atomic E-state index is -0.0168. The van der Waals surface area contributed by atoms with E-state index in [4.69, 9.17) is 0 Å². The molecule has 0 radical (unpaired) electrons. The van der Waals surface area contributed by atoms with Crippen LogP contribution in [0.15, 0.2) is 91.3 Å². The first kappa shape index (κ1) is 18.9. The minimum absolute atomic E-state index is 0.0168. The number of nitrogens with zero attached hydrogens (tertiary/aromatic N) is 2. The maximum absolute atomic E-state index is 4.55. The largest absolute Gasteiger partial charge is 0.330 e. The molecule has 1 aromatic heterocycles. The van der Waals surface area contributed by atoms with Crippen molar-refractivity contribution in [3.63, 3.8) is 0 Å². The molecule has 0 saturated carbocycles. The SMILES string of the molecule is c1ccc(CCP(CCc2ccccc2)CCn2cnc3ccccc32)cc1. The van der Waals surface area contributed by atoms with E-state index in [0.717, 1.165) is 12.1 Å². The van der Waals surface area contributed by atoms with Gasteiger partial charge < -0.3 is 4.57 Å². The summed E-state index contributed by atoms with van der Waals surface area (Å²) in [6, 6.07) is 30.3. The molecule has 0 saturated heterocycles. The molecule has 0 aliphatic rings. The Bertz CT molecular complexity index is 936. The fourth-order valence-corrected chi connectivity index (χ4v) is 5.95. The number of imidazole rings is 1. The van der Waals surface area contributed by atoms with Gasteiger partial charge in [-0.05, 0) is 54.6 Å². The number of benzene rings is 3. The van der Waals surface area contributed by atoms with Crippen LogP contribution in [0, 0.1) is 0 Å². The highest BCUT2D eigenvalue weighted by Crippen LogP contribution is 2.37. The Hall–Kier alpha value is -2.44. The van der Waals surface area contributed by atoms with E-state index >= 15 is 0 Å². The highest BCUT2D eigenvalue weighted by molar-refractivity contribution is 7.57. The van der Waals surface area contributed by atoms with Gasteiger partial charge in [0.15, 0.2) is 0 Å². The standard InChI is InChI=1S/C25H27N2P/c1-3-9-22(10-4-1)15-18-28(19-16-23-11-5-2-6-12-23)20-17-27-21-26-24-13-7-8-14-25(24)27/h1-14,21H,15-20H2. The molecule has 3 heteroatoms. The molecule has 0 N–H and O–H groups in total. The molecule has 0 unspecified atom stereocenters. The zero-order valence-electron chi connectivity index (χ0n) is 16.2. The summed E-state index contributed by atoms with van der Waals surface area (Å²) in [5.74, 6) is 0. The number of aryl methyl sites for hydroxylation is 3. The maximum Gasteiger partial charge on any atom is 0.0958 e. The van der Waals surface area contributed by atoms with Crippen LogP contribution in [0.1, 0.15) is 11.1 Å². The molecular weight excluding hydrogens is 359 g/mol. The van der Waals surface area contributed by atoms with Crippen molar-refractivity contribution in [1.29, 1.82) is 0 Å². The second-order valence-electron chi connectivity index (χ2n) is 7.24. The molecule has 4 rings (SSSR count). The second-order valence-corrected chi connectivity index (χ2v) is 9.92. The van der Waals surface area contributed by atoms with E-state index < -0.39 is 0 Å². The van der Waals surface area contributed by atoms with E-state index in [0.29, 0.717) is 0 Å². The monoisotopic (exact) mass is 386 g/mol. The molecule has 0 fully saturated rings. The number of hydrogen-bond donors (Lipinski definition) is 0.